The molecule has 0 fully saturated rings. The molecule has 50 heavy (non-hydrogen) atoms. The average molecular weight is 661 g/mol. The van der Waals surface area contributed by atoms with Gasteiger partial charge in [-0.3, -0.25) is 0 Å². The number of thiophene rings is 1. The molecular formula is C45H32N4S. The Balaban J connectivity index is 1.30. The van der Waals surface area contributed by atoms with Gasteiger partial charge in [0.15, 0.2) is 17.5 Å². The molecule has 0 unspecified atom stereocenters. The summed E-state index contributed by atoms with van der Waals surface area (Å²) in [5.74, 6) is 1.98. The monoisotopic (exact) mass is 660 g/mol. The maximum absolute atomic E-state index is 5.12. The van der Waals surface area contributed by atoms with Crippen LogP contribution >= 0.6 is 11.3 Å². The number of rotatable bonds is 5. The lowest BCUT2D eigenvalue weighted by molar-refractivity contribution is 1.07. The van der Waals surface area contributed by atoms with E-state index in [2.05, 4.69) is 140 Å². The van der Waals surface area contributed by atoms with E-state index in [9.17, 15) is 0 Å². The van der Waals surface area contributed by atoms with Crippen molar-refractivity contribution in [3.63, 3.8) is 0 Å². The molecule has 0 atom stereocenters. The van der Waals surface area contributed by atoms with E-state index in [1.165, 1.54) is 52.8 Å². The van der Waals surface area contributed by atoms with Gasteiger partial charge in [-0.2, -0.15) is 0 Å². The lowest BCUT2D eigenvalue weighted by atomic mass is 9.97. The van der Waals surface area contributed by atoms with Crippen molar-refractivity contribution >= 4 is 54.6 Å². The second-order valence-electron chi connectivity index (χ2n) is 12.3. The molecule has 0 aliphatic heterocycles. The summed E-state index contributed by atoms with van der Waals surface area (Å²) in [6.45, 7) is 4.25. The first kappa shape index (κ1) is 29.9. The normalized spacial score (nSPS) is 12.4. The quantitative estimate of drug-likeness (QED) is 0.185. The van der Waals surface area contributed by atoms with Gasteiger partial charge in [-0.25, -0.2) is 15.0 Å². The average Bonchev–Trinajstić information content (AvgIpc) is 3.74. The second kappa shape index (κ2) is 12.4. The van der Waals surface area contributed by atoms with Crippen LogP contribution in [-0.2, 0) is 0 Å². The van der Waals surface area contributed by atoms with Gasteiger partial charge in [0.2, 0.25) is 0 Å². The molecule has 0 aliphatic carbocycles. The smallest absolute Gasteiger partial charge is 0.164 e. The topological polar surface area (TPSA) is 43.6 Å². The maximum atomic E-state index is 5.12. The Bertz CT molecular complexity index is 2760. The van der Waals surface area contributed by atoms with E-state index in [0.29, 0.717) is 17.5 Å². The van der Waals surface area contributed by atoms with Gasteiger partial charge in [0.1, 0.15) is 0 Å². The van der Waals surface area contributed by atoms with Crippen LogP contribution in [-0.4, -0.2) is 19.5 Å². The van der Waals surface area contributed by atoms with Gasteiger partial charge in [0.25, 0.3) is 0 Å². The highest BCUT2D eigenvalue weighted by atomic mass is 32.1. The minimum Gasteiger partial charge on any atom is -0.310 e. The lowest BCUT2D eigenvalue weighted by Gasteiger charge is -2.12. The molecule has 0 saturated carbocycles. The predicted octanol–water partition coefficient (Wildman–Crippen LogP) is 10.5. The molecule has 3 heterocycles. The largest absolute Gasteiger partial charge is 0.310 e. The number of benzene rings is 6. The van der Waals surface area contributed by atoms with Crippen molar-refractivity contribution in [2.45, 2.75) is 13.8 Å². The maximum Gasteiger partial charge on any atom is 0.164 e. The van der Waals surface area contributed by atoms with Gasteiger partial charge in [0.05, 0.1) is 5.52 Å². The zero-order valence-electron chi connectivity index (χ0n) is 27.7. The van der Waals surface area contributed by atoms with E-state index in [4.69, 9.17) is 15.0 Å². The van der Waals surface area contributed by atoms with Crippen LogP contribution in [0.1, 0.15) is 13.8 Å². The fourth-order valence-corrected chi connectivity index (χ4v) is 8.38. The van der Waals surface area contributed by atoms with Gasteiger partial charge in [-0.05, 0) is 61.4 Å². The zero-order valence-corrected chi connectivity index (χ0v) is 28.5. The predicted molar refractivity (Wildman–Crippen MR) is 211 cm³/mol. The highest BCUT2D eigenvalue weighted by Gasteiger charge is 2.20. The summed E-state index contributed by atoms with van der Waals surface area (Å²) in [7, 11) is 0. The number of hydrogen-bond donors (Lipinski definition) is 0. The minimum absolute atomic E-state index is 0.659. The fraction of sp³-hybridized carbons (Fsp3) is 0.0444. The first-order valence-corrected chi connectivity index (χ1v) is 17.7. The molecule has 3 aromatic heterocycles. The summed E-state index contributed by atoms with van der Waals surface area (Å²) in [6, 6.07) is 51.0. The summed E-state index contributed by atoms with van der Waals surface area (Å²) >= 11 is 1.83. The fourth-order valence-electron chi connectivity index (χ4n) is 7.12. The number of aromatic nitrogens is 4. The van der Waals surface area contributed by atoms with E-state index in [-0.39, 0.29) is 0 Å². The molecule has 0 amide bonds. The third-order valence-corrected chi connectivity index (χ3v) is 10.6. The van der Waals surface area contributed by atoms with Crippen molar-refractivity contribution in [3.8, 4) is 51.0 Å². The number of para-hydroxylation sites is 1. The summed E-state index contributed by atoms with van der Waals surface area (Å²) in [5.41, 5.74) is 7.65. The first-order chi connectivity index (χ1) is 24.7. The number of fused-ring (bicyclic) bond motifs is 4. The van der Waals surface area contributed by atoms with Crippen LogP contribution in [0.15, 0.2) is 146 Å². The Labute approximate surface area is 294 Å². The molecule has 9 rings (SSSR count). The van der Waals surface area contributed by atoms with Gasteiger partial charge in [-0.15, -0.1) is 11.3 Å². The van der Waals surface area contributed by atoms with E-state index in [1.807, 2.05) is 47.7 Å². The first-order valence-electron chi connectivity index (χ1n) is 16.9. The Morgan fingerprint density at radius 2 is 1.12 bits per heavy atom. The van der Waals surface area contributed by atoms with Crippen LogP contribution in [0.2, 0.25) is 0 Å². The van der Waals surface area contributed by atoms with E-state index in [0.717, 1.165) is 22.4 Å². The van der Waals surface area contributed by atoms with E-state index >= 15 is 0 Å². The third kappa shape index (κ3) is 4.94. The molecule has 0 saturated heterocycles. The van der Waals surface area contributed by atoms with Crippen molar-refractivity contribution in [2.75, 3.05) is 0 Å². The van der Waals surface area contributed by atoms with Crippen molar-refractivity contribution in [3.05, 3.63) is 156 Å². The van der Waals surface area contributed by atoms with Gasteiger partial charge >= 0.3 is 0 Å². The Hall–Kier alpha value is -6.17. The second-order valence-corrected chi connectivity index (χ2v) is 13.3. The molecule has 4 nitrogen and oxygen atoms in total. The van der Waals surface area contributed by atoms with Crippen LogP contribution in [0.25, 0.3) is 94.2 Å². The highest BCUT2D eigenvalue weighted by Crippen LogP contribution is 2.44. The summed E-state index contributed by atoms with van der Waals surface area (Å²) in [6.07, 6.45) is 4.44. The van der Waals surface area contributed by atoms with Crippen LogP contribution in [0.4, 0.5) is 0 Å². The molecule has 5 heteroatoms. The minimum atomic E-state index is 0.659. The van der Waals surface area contributed by atoms with Crippen LogP contribution in [0.3, 0.4) is 0 Å². The molecule has 0 aliphatic rings. The number of nitrogens with zero attached hydrogens (tertiary/aromatic N) is 4. The standard InChI is InChI=1S/C45H32N4S/c1-3-33-37-28-31(24-27-39(37)49(38(33)4-2)32-20-12-7-13-21-32)34-25-26-36(41-35-22-14-15-23-40(35)50-42(34)41)45-47-43(29-16-8-5-9-17-29)46-44(48-45)30-18-10-6-11-19-30/h3-28H,1-2H3/b33-3-,38-4+. The van der Waals surface area contributed by atoms with Crippen LogP contribution in [0.5, 0.6) is 0 Å². The molecule has 6 aromatic carbocycles. The van der Waals surface area contributed by atoms with Gasteiger partial charge in [-0.1, -0.05) is 121 Å². The zero-order chi connectivity index (χ0) is 33.6. The van der Waals surface area contributed by atoms with E-state index in [1.54, 1.807) is 0 Å². The Morgan fingerprint density at radius 3 is 1.78 bits per heavy atom. The molecule has 0 radical (unpaired) electrons. The van der Waals surface area contributed by atoms with E-state index < -0.39 is 0 Å². The Kier molecular flexibility index (Phi) is 7.41. The lowest BCUT2D eigenvalue weighted by Crippen LogP contribution is -2.27. The summed E-state index contributed by atoms with van der Waals surface area (Å²) in [5, 5.41) is 6.04. The van der Waals surface area contributed by atoms with Crippen LogP contribution in [0, 0.1) is 0 Å². The SMILES string of the molecule is C/C=c1\c(=C/C)n(-c2ccccc2)c2ccc(-c3ccc(-c4nc(-c5ccccc5)nc(-c5ccccc5)n4)c4c3sc3ccccc34)cc12. The molecule has 238 valence electrons. The van der Waals surface area contributed by atoms with Crippen molar-refractivity contribution < 1.29 is 0 Å². The van der Waals surface area contributed by atoms with Crippen molar-refractivity contribution in [1.29, 1.82) is 0 Å². The van der Waals surface area contributed by atoms with Gasteiger partial charge < -0.3 is 4.57 Å². The van der Waals surface area contributed by atoms with Crippen molar-refractivity contribution in [2.24, 2.45) is 0 Å². The molecule has 0 bridgehead atoms. The molecule has 0 spiro atoms. The Morgan fingerprint density at radius 1 is 0.520 bits per heavy atom. The summed E-state index contributed by atoms with van der Waals surface area (Å²) in [4.78, 5) is 15.2. The summed E-state index contributed by atoms with van der Waals surface area (Å²) < 4.78 is 4.82. The molecule has 0 N–H and O–H groups in total. The number of hydrogen-bond acceptors (Lipinski definition) is 4. The van der Waals surface area contributed by atoms with Crippen molar-refractivity contribution in [1.82, 2.24) is 19.5 Å². The third-order valence-electron chi connectivity index (χ3n) is 9.40. The van der Waals surface area contributed by atoms with Gasteiger partial charge in [0, 0.05) is 58.5 Å². The highest BCUT2D eigenvalue weighted by molar-refractivity contribution is 7.26. The van der Waals surface area contributed by atoms with Crippen LogP contribution < -0.4 is 10.6 Å². The molecular weight excluding hydrogens is 629 g/mol. The molecule has 9 aromatic rings.